The van der Waals surface area contributed by atoms with Crippen LogP contribution < -0.4 is 5.32 Å². The van der Waals surface area contributed by atoms with Gasteiger partial charge in [0.05, 0.1) is 13.2 Å². The van der Waals surface area contributed by atoms with Crippen LogP contribution in [0.25, 0.3) is 0 Å². The molecule has 0 bridgehead atoms. The smallest absolute Gasteiger partial charge is 0.377 e. The lowest BCUT2D eigenvalue weighted by molar-refractivity contribution is -0.125. The minimum absolute atomic E-state index is 0.0764. The van der Waals surface area contributed by atoms with Crippen molar-refractivity contribution in [2.75, 3.05) is 26.3 Å². The van der Waals surface area contributed by atoms with Crippen LogP contribution in [0.2, 0.25) is 0 Å². The summed E-state index contributed by atoms with van der Waals surface area (Å²) in [4.78, 5) is 36.1. The fourth-order valence-electron chi connectivity index (χ4n) is 4.24. The average Bonchev–Trinajstić information content (AvgIpc) is 2.77. The van der Waals surface area contributed by atoms with Gasteiger partial charge in [0, 0.05) is 13.0 Å². The molecule has 4 N–H and O–H groups in total. The molecule has 0 aromatic carbocycles. The van der Waals surface area contributed by atoms with Crippen molar-refractivity contribution in [1.82, 2.24) is 10.2 Å². The SMILES string of the molecule is CCCCCCCCCCCCCCCCCC(=O)NC1COCCN1CCC.O=P(O)(O)O. The molecule has 1 fully saturated rings. The predicted molar refractivity (Wildman–Crippen MR) is 138 cm³/mol. The van der Waals surface area contributed by atoms with E-state index in [0.29, 0.717) is 13.0 Å². The van der Waals surface area contributed by atoms with Crippen LogP contribution in [0.3, 0.4) is 0 Å². The zero-order chi connectivity index (χ0) is 25.5. The number of carbonyl (C=O) groups is 1. The highest BCUT2D eigenvalue weighted by Crippen LogP contribution is 2.25. The van der Waals surface area contributed by atoms with Crippen LogP contribution >= 0.6 is 7.82 Å². The van der Waals surface area contributed by atoms with E-state index in [9.17, 15) is 4.79 Å². The highest BCUT2D eigenvalue weighted by atomic mass is 31.2. The van der Waals surface area contributed by atoms with E-state index in [1.54, 1.807) is 0 Å². The lowest BCUT2D eigenvalue weighted by atomic mass is 10.0. The van der Waals surface area contributed by atoms with Crippen molar-refractivity contribution >= 4 is 13.7 Å². The van der Waals surface area contributed by atoms with Crippen LogP contribution in [-0.4, -0.2) is 58.0 Å². The number of morpholine rings is 1. The largest absolute Gasteiger partial charge is 0.466 e. The molecule has 1 amide bonds. The van der Waals surface area contributed by atoms with Gasteiger partial charge in [0.25, 0.3) is 0 Å². The van der Waals surface area contributed by atoms with Crippen molar-refractivity contribution < 1.29 is 28.8 Å². The average molecular weight is 509 g/mol. The summed E-state index contributed by atoms with van der Waals surface area (Å²) in [6.45, 7) is 7.84. The Labute approximate surface area is 208 Å². The molecule has 0 aliphatic carbocycles. The number of unbranched alkanes of at least 4 members (excludes halogenated alkanes) is 14. The maximum Gasteiger partial charge on any atom is 0.466 e. The summed E-state index contributed by atoms with van der Waals surface area (Å²) in [6, 6.07) is 0. The Kier molecular flexibility index (Phi) is 22.6. The Balaban J connectivity index is 0.00000196. The van der Waals surface area contributed by atoms with Gasteiger partial charge in [-0.05, 0) is 19.4 Å². The molecule has 8 nitrogen and oxygen atoms in total. The number of carbonyl (C=O) groups excluding carboxylic acids is 1. The summed E-state index contributed by atoms with van der Waals surface area (Å²) in [6.07, 6.45) is 22.2. The van der Waals surface area contributed by atoms with Gasteiger partial charge in [-0.1, -0.05) is 104 Å². The number of nitrogens with zero attached hydrogens (tertiary/aromatic N) is 1. The second-order valence-electron chi connectivity index (χ2n) is 9.41. The number of amides is 1. The number of phosphoric acid groups is 1. The van der Waals surface area contributed by atoms with Crippen LogP contribution in [0.1, 0.15) is 123 Å². The Hall–Kier alpha value is -0.500. The first-order chi connectivity index (χ1) is 16.3. The number of ether oxygens (including phenoxy) is 1. The number of rotatable bonds is 19. The van der Waals surface area contributed by atoms with E-state index in [2.05, 4.69) is 24.1 Å². The van der Waals surface area contributed by atoms with Crippen molar-refractivity contribution in [3.8, 4) is 0 Å². The van der Waals surface area contributed by atoms with Crippen LogP contribution in [0.4, 0.5) is 0 Å². The molecule has 0 saturated carbocycles. The zero-order valence-electron chi connectivity index (χ0n) is 21.9. The van der Waals surface area contributed by atoms with Crippen molar-refractivity contribution in [2.24, 2.45) is 0 Å². The molecule has 204 valence electrons. The summed E-state index contributed by atoms with van der Waals surface area (Å²) >= 11 is 0. The first-order valence-corrected chi connectivity index (χ1v) is 15.2. The molecule has 0 spiro atoms. The molecule has 1 saturated heterocycles. The van der Waals surface area contributed by atoms with Gasteiger partial charge in [-0.15, -0.1) is 0 Å². The standard InChI is InChI=1S/C25H50N2O2.H3O4P/c1-3-5-6-7-8-9-10-11-12-13-14-15-16-17-18-19-25(28)26-24-23-29-22-21-27(24)20-4-2;1-5(2,3)4/h24H,3-23H2,1-2H3,(H,26,28);(H3,1,2,3,4). The predicted octanol–water partition coefficient (Wildman–Crippen LogP) is 5.50. The van der Waals surface area contributed by atoms with Crippen LogP contribution in [-0.2, 0) is 14.1 Å². The quantitative estimate of drug-likeness (QED) is 0.134. The van der Waals surface area contributed by atoms with Gasteiger partial charge >= 0.3 is 7.82 Å². The molecule has 1 rings (SSSR count). The number of hydrogen-bond acceptors (Lipinski definition) is 4. The third kappa shape index (κ3) is 24.6. The summed E-state index contributed by atoms with van der Waals surface area (Å²) in [5.74, 6) is 0.191. The van der Waals surface area contributed by atoms with E-state index in [4.69, 9.17) is 24.0 Å². The summed E-state index contributed by atoms with van der Waals surface area (Å²) < 4.78 is 14.4. The lowest BCUT2D eigenvalue weighted by Crippen LogP contribution is -2.55. The van der Waals surface area contributed by atoms with Crippen LogP contribution in [0.5, 0.6) is 0 Å². The Morgan fingerprint density at radius 1 is 0.824 bits per heavy atom. The van der Waals surface area contributed by atoms with Gasteiger partial charge in [-0.25, -0.2) is 4.57 Å². The first kappa shape index (κ1) is 33.5. The van der Waals surface area contributed by atoms with Crippen LogP contribution in [0.15, 0.2) is 0 Å². The molecular formula is C25H53N2O6P. The molecule has 1 aliphatic rings. The van der Waals surface area contributed by atoms with Gasteiger partial charge in [-0.3, -0.25) is 9.69 Å². The van der Waals surface area contributed by atoms with Gasteiger partial charge in [0.1, 0.15) is 6.17 Å². The Morgan fingerprint density at radius 3 is 1.71 bits per heavy atom. The summed E-state index contributed by atoms with van der Waals surface area (Å²) in [5.41, 5.74) is 0. The van der Waals surface area contributed by atoms with Gasteiger partial charge in [0.2, 0.25) is 5.91 Å². The molecule has 1 unspecified atom stereocenters. The molecule has 1 heterocycles. The summed E-state index contributed by atoms with van der Waals surface area (Å²) in [5, 5.41) is 3.17. The van der Waals surface area contributed by atoms with E-state index in [-0.39, 0.29) is 12.1 Å². The summed E-state index contributed by atoms with van der Waals surface area (Å²) in [7, 11) is -4.64. The number of hydrogen-bond donors (Lipinski definition) is 4. The molecule has 1 aliphatic heterocycles. The fourth-order valence-corrected chi connectivity index (χ4v) is 4.24. The second kappa shape index (κ2) is 22.9. The maximum atomic E-state index is 12.2. The highest BCUT2D eigenvalue weighted by Gasteiger charge is 2.23. The van der Waals surface area contributed by atoms with E-state index >= 15 is 0 Å². The molecule has 1 atom stereocenters. The third-order valence-corrected chi connectivity index (χ3v) is 6.09. The molecule has 0 aromatic rings. The molecular weight excluding hydrogens is 455 g/mol. The molecule has 0 radical (unpaired) electrons. The van der Waals surface area contributed by atoms with Gasteiger partial charge in [0.15, 0.2) is 0 Å². The van der Waals surface area contributed by atoms with Crippen molar-refractivity contribution in [1.29, 1.82) is 0 Å². The minimum atomic E-state index is -4.64. The topological polar surface area (TPSA) is 119 Å². The number of nitrogens with one attached hydrogen (secondary N) is 1. The van der Waals surface area contributed by atoms with E-state index in [0.717, 1.165) is 32.5 Å². The van der Waals surface area contributed by atoms with Crippen molar-refractivity contribution in [2.45, 2.75) is 129 Å². The van der Waals surface area contributed by atoms with Crippen LogP contribution in [0, 0.1) is 0 Å². The van der Waals surface area contributed by atoms with Crippen molar-refractivity contribution in [3.63, 3.8) is 0 Å². The highest BCUT2D eigenvalue weighted by molar-refractivity contribution is 7.45. The molecule has 0 aromatic heterocycles. The Morgan fingerprint density at radius 2 is 1.26 bits per heavy atom. The first-order valence-electron chi connectivity index (χ1n) is 13.7. The molecule has 9 heteroatoms. The van der Waals surface area contributed by atoms with E-state index in [1.807, 2.05) is 0 Å². The van der Waals surface area contributed by atoms with E-state index in [1.165, 1.54) is 89.9 Å². The van der Waals surface area contributed by atoms with Gasteiger partial charge < -0.3 is 24.7 Å². The minimum Gasteiger partial charge on any atom is -0.377 e. The second-order valence-corrected chi connectivity index (χ2v) is 10.4. The lowest BCUT2D eigenvalue weighted by Gasteiger charge is -2.35. The third-order valence-electron chi connectivity index (χ3n) is 6.09. The van der Waals surface area contributed by atoms with E-state index < -0.39 is 7.82 Å². The monoisotopic (exact) mass is 508 g/mol. The van der Waals surface area contributed by atoms with Gasteiger partial charge in [-0.2, -0.15) is 0 Å². The fraction of sp³-hybridized carbons (Fsp3) is 0.960. The normalized spacial score (nSPS) is 16.7. The van der Waals surface area contributed by atoms with Crippen molar-refractivity contribution in [3.05, 3.63) is 0 Å². The molecule has 34 heavy (non-hydrogen) atoms. The Bertz CT molecular complexity index is 507. The maximum absolute atomic E-state index is 12.2. The zero-order valence-corrected chi connectivity index (χ0v) is 22.8.